The Morgan fingerprint density at radius 2 is 1.95 bits per heavy atom. The Bertz CT molecular complexity index is 446. The van der Waals surface area contributed by atoms with E-state index in [0.29, 0.717) is 6.42 Å². The Kier molecular flexibility index (Phi) is 5.15. The standard InChI is InChI=1S/C14H22F3N3/c1-6-13(2,20(4)5)12(18-3)10-9-19-8-7-11(10)14(15,16)17/h7-9,12,18H,6H2,1-5H3. The maximum Gasteiger partial charge on any atom is 0.416 e. The van der Waals surface area contributed by atoms with E-state index < -0.39 is 23.3 Å². The third-order valence-electron chi connectivity index (χ3n) is 4.12. The van der Waals surface area contributed by atoms with Gasteiger partial charge in [-0.15, -0.1) is 0 Å². The molecule has 2 unspecified atom stereocenters. The number of nitrogens with one attached hydrogen (secondary N) is 1. The van der Waals surface area contributed by atoms with Crippen LogP contribution in [0.25, 0.3) is 0 Å². The molecule has 1 N–H and O–H groups in total. The van der Waals surface area contributed by atoms with Crippen LogP contribution < -0.4 is 5.32 Å². The van der Waals surface area contributed by atoms with Crippen LogP contribution in [0.2, 0.25) is 0 Å². The summed E-state index contributed by atoms with van der Waals surface area (Å²) in [5.41, 5.74) is -0.897. The summed E-state index contributed by atoms with van der Waals surface area (Å²) in [6.45, 7) is 3.91. The molecule has 1 aromatic rings. The molecule has 6 heteroatoms. The van der Waals surface area contributed by atoms with E-state index in [1.165, 1.54) is 12.4 Å². The fourth-order valence-electron chi connectivity index (χ4n) is 2.47. The van der Waals surface area contributed by atoms with Crippen LogP contribution in [0, 0.1) is 0 Å². The summed E-state index contributed by atoms with van der Waals surface area (Å²) in [5.74, 6) is 0. The number of hydrogen-bond donors (Lipinski definition) is 1. The lowest BCUT2D eigenvalue weighted by Gasteiger charge is -2.43. The summed E-state index contributed by atoms with van der Waals surface area (Å²) in [6.07, 6.45) is -1.19. The van der Waals surface area contributed by atoms with Gasteiger partial charge in [-0.25, -0.2) is 0 Å². The van der Waals surface area contributed by atoms with Crippen molar-refractivity contribution < 1.29 is 13.2 Å². The van der Waals surface area contributed by atoms with E-state index in [1.807, 2.05) is 32.8 Å². The molecule has 2 atom stereocenters. The molecule has 0 radical (unpaired) electrons. The first kappa shape index (κ1) is 16.9. The largest absolute Gasteiger partial charge is 0.416 e. The molecule has 0 saturated carbocycles. The van der Waals surface area contributed by atoms with Gasteiger partial charge in [0.1, 0.15) is 0 Å². The van der Waals surface area contributed by atoms with Crippen LogP contribution in [0.5, 0.6) is 0 Å². The van der Waals surface area contributed by atoms with Gasteiger partial charge in [-0.1, -0.05) is 6.92 Å². The van der Waals surface area contributed by atoms with Gasteiger partial charge in [-0.3, -0.25) is 4.98 Å². The average Bonchev–Trinajstić information content (AvgIpc) is 2.38. The van der Waals surface area contributed by atoms with Gasteiger partial charge in [0.05, 0.1) is 11.6 Å². The minimum atomic E-state index is -4.38. The molecule has 3 nitrogen and oxygen atoms in total. The summed E-state index contributed by atoms with van der Waals surface area (Å²) in [4.78, 5) is 5.82. The molecule has 0 aliphatic heterocycles. The zero-order valence-electron chi connectivity index (χ0n) is 12.5. The smallest absolute Gasteiger partial charge is 0.311 e. The topological polar surface area (TPSA) is 28.2 Å². The predicted octanol–water partition coefficient (Wildman–Crippen LogP) is 3.09. The zero-order valence-corrected chi connectivity index (χ0v) is 12.5. The first-order chi connectivity index (χ1) is 9.18. The van der Waals surface area contributed by atoms with Crippen molar-refractivity contribution in [1.29, 1.82) is 0 Å². The Morgan fingerprint density at radius 3 is 2.35 bits per heavy atom. The second kappa shape index (κ2) is 6.10. The number of halogens is 3. The monoisotopic (exact) mass is 289 g/mol. The minimum Gasteiger partial charge on any atom is -0.311 e. The van der Waals surface area contributed by atoms with Crippen molar-refractivity contribution in [3.63, 3.8) is 0 Å². The second-order valence-electron chi connectivity index (χ2n) is 5.29. The molecule has 1 heterocycles. The second-order valence-corrected chi connectivity index (χ2v) is 5.29. The molecule has 0 aromatic carbocycles. The molecule has 0 bridgehead atoms. The number of rotatable bonds is 5. The molecule has 1 rings (SSSR count). The first-order valence-electron chi connectivity index (χ1n) is 6.54. The molecule has 0 saturated heterocycles. The first-order valence-corrected chi connectivity index (χ1v) is 6.54. The van der Waals surface area contributed by atoms with Crippen molar-refractivity contribution in [2.45, 2.75) is 38.0 Å². The highest BCUT2D eigenvalue weighted by atomic mass is 19.4. The maximum absolute atomic E-state index is 13.2. The van der Waals surface area contributed by atoms with Crippen molar-refractivity contribution in [2.24, 2.45) is 0 Å². The fraction of sp³-hybridized carbons (Fsp3) is 0.643. The van der Waals surface area contributed by atoms with Crippen LogP contribution in [0.15, 0.2) is 18.5 Å². The van der Waals surface area contributed by atoms with Crippen LogP contribution in [-0.2, 0) is 6.18 Å². The molecule has 0 fully saturated rings. The highest BCUT2D eigenvalue weighted by Gasteiger charge is 2.41. The summed E-state index contributed by atoms with van der Waals surface area (Å²) in [6, 6.07) is 0.568. The van der Waals surface area contributed by atoms with Crippen molar-refractivity contribution in [3.05, 3.63) is 29.6 Å². The van der Waals surface area contributed by atoms with Gasteiger partial charge in [0.2, 0.25) is 0 Å². The number of likely N-dealkylation sites (N-methyl/N-ethyl adjacent to an activating group) is 2. The van der Waals surface area contributed by atoms with Crippen LogP contribution in [0.4, 0.5) is 13.2 Å². The van der Waals surface area contributed by atoms with Crippen molar-refractivity contribution in [3.8, 4) is 0 Å². The lowest BCUT2D eigenvalue weighted by Crippen LogP contribution is -2.51. The molecule has 1 aromatic heterocycles. The predicted molar refractivity (Wildman–Crippen MR) is 73.4 cm³/mol. The van der Waals surface area contributed by atoms with Crippen molar-refractivity contribution >= 4 is 0 Å². The molecule has 0 amide bonds. The normalized spacial score (nSPS) is 17.1. The van der Waals surface area contributed by atoms with Gasteiger partial charge >= 0.3 is 6.18 Å². The van der Waals surface area contributed by atoms with Gasteiger partial charge in [0.15, 0.2) is 0 Å². The summed E-state index contributed by atoms with van der Waals surface area (Å²) < 4.78 is 39.5. The number of nitrogens with zero attached hydrogens (tertiary/aromatic N) is 2. The molecule has 114 valence electrons. The Labute approximate surface area is 118 Å². The van der Waals surface area contributed by atoms with Crippen LogP contribution in [0.1, 0.15) is 37.4 Å². The Hall–Kier alpha value is -1.14. The molecule has 0 spiro atoms. The number of alkyl halides is 3. The minimum absolute atomic E-state index is 0.181. The summed E-state index contributed by atoms with van der Waals surface area (Å²) >= 11 is 0. The average molecular weight is 289 g/mol. The lowest BCUT2D eigenvalue weighted by molar-refractivity contribution is -0.138. The summed E-state index contributed by atoms with van der Waals surface area (Å²) in [7, 11) is 5.42. The third-order valence-corrected chi connectivity index (χ3v) is 4.12. The Balaban J connectivity index is 3.40. The molecule has 20 heavy (non-hydrogen) atoms. The zero-order chi connectivity index (χ0) is 15.6. The lowest BCUT2D eigenvalue weighted by atomic mass is 9.82. The van der Waals surface area contributed by atoms with Crippen molar-refractivity contribution in [1.82, 2.24) is 15.2 Å². The van der Waals surface area contributed by atoms with Crippen LogP contribution in [-0.4, -0.2) is 36.6 Å². The van der Waals surface area contributed by atoms with Crippen molar-refractivity contribution in [2.75, 3.05) is 21.1 Å². The van der Waals surface area contributed by atoms with Crippen LogP contribution >= 0.6 is 0 Å². The molecular weight excluding hydrogens is 267 g/mol. The Morgan fingerprint density at radius 1 is 1.35 bits per heavy atom. The van der Waals surface area contributed by atoms with Gasteiger partial charge in [-0.05, 0) is 40.6 Å². The van der Waals surface area contributed by atoms with Crippen LogP contribution in [0.3, 0.4) is 0 Å². The highest BCUT2D eigenvalue weighted by molar-refractivity contribution is 5.31. The number of aromatic nitrogens is 1. The maximum atomic E-state index is 13.2. The molecular formula is C14H22F3N3. The molecule has 0 aliphatic carbocycles. The van der Waals surface area contributed by atoms with E-state index in [0.717, 1.165) is 6.07 Å². The van der Waals surface area contributed by atoms with Gasteiger partial charge in [0.25, 0.3) is 0 Å². The SMILES string of the molecule is CCC(C)(C(NC)c1cnccc1C(F)(F)F)N(C)C. The van der Waals surface area contributed by atoms with E-state index in [2.05, 4.69) is 10.3 Å². The van der Waals surface area contributed by atoms with E-state index in [-0.39, 0.29) is 5.56 Å². The highest BCUT2D eigenvalue weighted by Crippen LogP contribution is 2.39. The van der Waals surface area contributed by atoms with E-state index in [9.17, 15) is 13.2 Å². The van der Waals surface area contributed by atoms with Gasteiger partial charge in [0, 0.05) is 23.5 Å². The van der Waals surface area contributed by atoms with Gasteiger partial charge in [-0.2, -0.15) is 13.2 Å². The van der Waals surface area contributed by atoms with E-state index in [4.69, 9.17) is 0 Å². The number of hydrogen-bond acceptors (Lipinski definition) is 3. The number of pyridine rings is 1. The molecule has 0 aliphatic rings. The van der Waals surface area contributed by atoms with Gasteiger partial charge < -0.3 is 10.2 Å². The summed E-state index contributed by atoms with van der Waals surface area (Å²) in [5, 5.41) is 3.02. The fourth-order valence-corrected chi connectivity index (χ4v) is 2.47. The quantitative estimate of drug-likeness (QED) is 0.903. The van der Waals surface area contributed by atoms with E-state index in [1.54, 1.807) is 7.05 Å². The third kappa shape index (κ3) is 3.12. The van der Waals surface area contributed by atoms with E-state index >= 15 is 0 Å².